The van der Waals surface area contributed by atoms with Crippen LogP contribution in [0.5, 0.6) is 0 Å². The summed E-state index contributed by atoms with van der Waals surface area (Å²) >= 11 is 6.08. The monoisotopic (exact) mass is 301 g/mol. The fourth-order valence-electron chi connectivity index (χ4n) is 1.88. The molecule has 1 saturated heterocycles. The van der Waals surface area contributed by atoms with Gasteiger partial charge >= 0.3 is 7.12 Å². The zero-order chi connectivity index (χ0) is 14.4. The highest BCUT2D eigenvalue weighted by atomic mass is 35.5. The van der Waals surface area contributed by atoms with Crippen molar-refractivity contribution < 1.29 is 13.5 Å². The molecule has 1 atom stereocenters. The first-order valence-electron chi connectivity index (χ1n) is 5.98. The van der Waals surface area contributed by atoms with E-state index in [0.717, 1.165) is 0 Å². The SMILES string of the molecule is CS(=O)c1c(Cl)cncc1B1OC(C)(C)C(C)(C)O1. The minimum atomic E-state index is -1.23. The minimum Gasteiger partial charge on any atom is -0.399 e. The Balaban J connectivity index is 2.46. The third kappa shape index (κ3) is 2.59. The predicted octanol–water partition coefficient (Wildman–Crippen LogP) is 1.77. The first-order valence-corrected chi connectivity index (χ1v) is 7.92. The molecule has 1 unspecified atom stereocenters. The second-order valence-electron chi connectivity index (χ2n) is 5.58. The van der Waals surface area contributed by atoms with E-state index in [1.54, 1.807) is 12.5 Å². The molecule has 0 N–H and O–H groups in total. The van der Waals surface area contributed by atoms with Crippen molar-refractivity contribution in [1.82, 2.24) is 4.98 Å². The van der Waals surface area contributed by atoms with Crippen LogP contribution in [0, 0.1) is 0 Å². The predicted molar refractivity (Wildman–Crippen MR) is 77.3 cm³/mol. The standard InChI is InChI=1S/C12H17BClNO3S/c1-11(2)12(3,4)18-13(17-11)8-6-15-7-9(14)10(8)19(5)16/h6-7H,1-5H3. The van der Waals surface area contributed by atoms with E-state index >= 15 is 0 Å². The van der Waals surface area contributed by atoms with Crippen LogP contribution in [-0.4, -0.2) is 33.8 Å². The second-order valence-corrected chi connectivity index (χ2v) is 7.31. The van der Waals surface area contributed by atoms with Gasteiger partial charge in [-0.05, 0) is 27.7 Å². The van der Waals surface area contributed by atoms with Crippen LogP contribution in [0.2, 0.25) is 5.02 Å². The van der Waals surface area contributed by atoms with Crippen LogP contribution < -0.4 is 5.46 Å². The topological polar surface area (TPSA) is 48.4 Å². The smallest absolute Gasteiger partial charge is 0.399 e. The summed E-state index contributed by atoms with van der Waals surface area (Å²) < 4.78 is 23.7. The third-order valence-electron chi connectivity index (χ3n) is 3.68. The molecule has 7 heteroatoms. The van der Waals surface area contributed by atoms with Gasteiger partial charge in [0.25, 0.3) is 0 Å². The van der Waals surface area contributed by atoms with Crippen molar-refractivity contribution in [3.8, 4) is 0 Å². The molecule has 2 heterocycles. The van der Waals surface area contributed by atoms with Crippen molar-refractivity contribution in [3.05, 3.63) is 17.4 Å². The molecule has 0 radical (unpaired) electrons. The number of rotatable bonds is 2. The molecule has 0 saturated carbocycles. The summed E-state index contributed by atoms with van der Waals surface area (Å²) in [6.45, 7) is 7.86. The summed E-state index contributed by atoms with van der Waals surface area (Å²) in [6, 6.07) is 0. The molecule has 1 aliphatic rings. The maximum absolute atomic E-state index is 11.9. The number of aromatic nitrogens is 1. The quantitative estimate of drug-likeness (QED) is 0.781. The van der Waals surface area contributed by atoms with Crippen LogP contribution in [-0.2, 0) is 20.1 Å². The van der Waals surface area contributed by atoms with Gasteiger partial charge in [-0.3, -0.25) is 9.19 Å². The van der Waals surface area contributed by atoms with E-state index in [9.17, 15) is 4.21 Å². The Morgan fingerprint density at radius 2 is 1.74 bits per heavy atom. The fourth-order valence-corrected chi connectivity index (χ4v) is 3.18. The Morgan fingerprint density at radius 3 is 2.21 bits per heavy atom. The van der Waals surface area contributed by atoms with E-state index in [2.05, 4.69) is 4.98 Å². The molecule has 0 aliphatic carbocycles. The third-order valence-corrected chi connectivity index (χ3v) is 5.10. The largest absolute Gasteiger partial charge is 0.497 e. The lowest BCUT2D eigenvalue weighted by atomic mass is 9.80. The van der Waals surface area contributed by atoms with Crippen molar-refractivity contribution in [3.63, 3.8) is 0 Å². The van der Waals surface area contributed by atoms with Crippen LogP contribution in [0.1, 0.15) is 27.7 Å². The van der Waals surface area contributed by atoms with Crippen LogP contribution in [0.4, 0.5) is 0 Å². The highest BCUT2D eigenvalue weighted by Gasteiger charge is 2.52. The Kier molecular flexibility index (Phi) is 3.82. The van der Waals surface area contributed by atoms with Gasteiger partial charge in [0.1, 0.15) is 0 Å². The molecule has 2 rings (SSSR count). The summed E-state index contributed by atoms with van der Waals surface area (Å²) in [5, 5.41) is 0.369. The van der Waals surface area contributed by atoms with Gasteiger partial charge in [0.15, 0.2) is 0 Å². The molecule has 1 fully saturated rings. The lowest BCUT2D eigenvalue weighted by Gasteiger charge is -2.32. The normalized spacial score (nSPS) is 22.5. The minimum absolute atomic E-state index is 0.369. The van der Waals surface area contributed by atoms with E-state index in [1.165, 1.54) is 6.20 Å². The van der Waals surface area contributed by atoms with E-state index in [-0.39, 0.29) is 0 Å². The average Bonchev–Trinajstić information content (AvgIpc) is 2.47. The molecule has 1 aromatic rings. The van der Waals surface area contributed by atoms with Crippen molar-refractivity contribution in [1.29, 1.82) is 0 Å². The molecule has 4 nitrogen and oxygen atoms in total. The van der Waals surface area contributed by atoms with Gasteiger partial charge in [-0.25, -0.2) is 0 Å². The maximum atomic E-state index is 11.9. The molecule has 0 amide bonds. The van der Waals surface area contributed by atoms with Crippen LogP contribution >= 0.6 is 11.6 Å². The molecule has 0 aromatic carbocycles. The lowest BCUT2D eigenvalue weighted by molar-refractivity contribution is 0.00578. The summed E-state index contributed by atoms with van der Waals surface area (Å²) in [5.41, 5.74) is -0.272. The second kappa shape index (κ2) is 4.84. The molecular formula is C12H17BClNO3S. The Bertz CT molecular complexity index is 520. The highest BCUT2D eigenvalue weighted by Crippen LogP contribution is 2.37. The Morgan fingerprint density at radius 1 is 1.21 bits per heavy atom. The van der Waals surface area contributed by atoms with Gasteiger partial charge in [-0.2, -0.15) is 0 Å². The van der Waals surface area contributed by atoms with E-state index < -0.39 is 29.1 Å². The molecule has 0 bridgehead atoms. The van der Waals surface area contributed by atoms with Gasteiger partial charge in [-0.15, -0.1) is 0 Å². The van der Waals surface area contributed by atoms with Gasteiger partial charge in [0.05, 0.1) is 31.9 Å². The van der Waals surface area contributed by atoms with Crippen LogP contribution in [0.15, 0.2) is 17.3 Å². The lowest BCUT2D eigenvalue weighted by Crippen LogP contribution is -2.41. The van der Waals surface area contributed by atoms with E-state index in [0.29, 0.717) is 15.4 Å². The molecule has 19 heavy (non-hydrogen) atoms. The summed E-state index contributed by atoms with van der Waals surface area (Å²) in [4.78, 5) is 4.56. The average molecular weight is 302 g/mol. The van der Waals surface area contributed by atoms with Crippen molar-refractivity contribution in [2.75, 3.05) is 6.26 Å². The van der Waals surface area contributed by atoms with Gasteiger partial charge in [0, 0.05) is 24.1 Å². The number of nitrogens with zero attached hydrogens (tertiary/aromatic N) is 1. The van der Waals surface area contributed by atoms with Gasteiger partial charge < -0.3 is 9.31 Å². The number of hydrogen-bond donors (Lipinski definition) is 0. The molecule has 1 aliphatic heterocycles. The Hall–Kier alpha value is -0.425. The molecule has 1 aromatic heterocycles. The number of hydrogen-bond acceptors (Lipinski definition) is 4. The summed E-state index contributed by atoms with van der Waals surface area (Å²) in [6.07, 6.45) is 4.66. The van der Waals surface area contributed by atoms with Crippen LogP contribution in [0.25, 0.3) is 0 Å². The van der Waals surface area contributed by atoms with Crippen molar-refractivity contribution >= 4 is 35.0 Å². The number of halogens is 1. The fraction of sp³-hybridized carbons (Fsp3) is 0.583. The van der Waals surface area contributed by atoms with Crippen molar-refractivity contribution in [2.45, 2.75) is 43.8 Å². The zero-order valence-corrected chi connectivity index (χ0v) is 13.3. The van der Waals surface area contributed by atoms with E-state index in [4.69, 9.17) is 20.9 Å². The van der Waals surface area contributed by atoms with Crippen molar-refractivity contribution in [2.24, 2.45) is 0 Å². The summed E-state index contributed by atoms with van der Waals surface area (Å²) in [7, 11) is -1.83. The molecular weight excluding hydrogens is 284 g/mol. The highest BCUT2D eigenvalue weighted by molar-refractivity contribution is 7.84. The Labute approximate surface area is 121 Å². The first-order chi connectivity index (χ1) is 8.66. The summed E-state index contributed by atoms with van der Waals surface area (Å²) in [5.74, 6) is 0. The first kappa shape index (κ1) is 15.0. The maximum Gasteiger partial charge on any atom is 0.497 e. The van der Waals surface area contributed by atoms with E-state index in [1.807, 2.05) is 27.7 Å². The molecule has 0 spiro atoms. The zero-order valence-electron chi connectivity index (χ0n) is 11.7. The number of pyridine rings is 1. The molecule has 104 valence electrons. The van der Waals surface area contributed by atoms with Gasteiger partial charge in [0.2, 0.25) is 0 Å². The van der Waals surface area contributed by atoms with Crippen LogP contribution in [0.3, 0.4) is 0 Å². The van der Waals surface area contributed by atoms with Gasteiger partial charge in [-0.1, -0.05) is 11.6 Å².